The van der Waals surface area contributed by atoms with Crippen LogP contribution in [0.25, 0.3) is 0 Å². The van der Waals surface area contributed by atoms with Crippen LogP contribution in [0.4, 0.5) is 5.69 Å². The molecule has 0 spiro atoms. The van der Waals surface area contributed by atoms with Gasteiger partial charge in [-0.05, 0) is 24.3 Å². The van der Waals surface area contributed by atoms with Crippen LogP contribution in [-0.4, -0.2) is 26.8 Å². The van der Waals surface area contributed by atoms with Crippen molar-refractivity contribution in [3.05, 3.63) is 63.8 Å². The highest BCUT2D eigenvalue weighted by atomic mass is 35.5. The molecule has 0 fully saturated rings. The first-order valence-corrected chi connectivity index (χ1v) is 8.34. The summed E-state index contributed by atoms with van der Waals surface area (Å²) in [5.41, 5.74) is -0.0797. The van der Waals surface area contributed by atoms with Gasteiger partial charge in [-0.15, -0.1) is 0 Å². The number of halogens is 2. The summed E-state index contributed by atoms with van der Waals surface area (Å²) in [5.74, 6) is -1.07. The van der Waals surface area contributed by atoms with Crippen molar-refractivity contribution in [3.8, 4) is 5.75 Å². The SMILES string of the molecule is Cn1ncc(NC(=O)c2ccc(COc3cccc(Cl)c3Cl)o2)c1C(=O)O. The molecule has 1 aromatic carbocycles. The van der Waals surface area contributed by atoms with E-state index in [0.29, 0.717) is 16.5 Å². The molecule has 0 bridgehead atoms. The maximum Gasteiger partial charge on any atom is 0.356 e. The maximum atomic E-state index is 12.3. The molecule has 0 aliphatic rings. The number of aryl methyl sites for hydroxylation is 1. The van der Waals surface area contributed by atoms with E-state index in [1.807, 2.05) is 0 Å². The normalized spacial score (nSPS) is 10.6. The number of aromatic carboxylic acids is 1. The molecule has 27 heavy (non-hydrogen) atoms. The quantitative estimate of drug-likeness (QED) is 0.640. The van der Waals surface area contributed by atoms with E-state index >= 15 is 0 Å². The van der Waals surface area contributed by atoms with Gasteiger partial charge in [-0.3, -0.25) is 9.48 Å². The number of benzene rings is 1. The highest BCUT2D eigenvalue weighted by molar-refractivity contribution is 6.42. The molecule has 0 radical (unpaired) electrons. The number of hydrogen-bond donors (Lipinski definition) is 2. The maximum absolute atomic E-state index is 12.3. The van der Waals surface area contributed by atoms with Crippen molar-refractivity contribution >= 4 is 40.8 Å². The molecule has 0 aliphatic carbocycles. The molecule has 2 N–H and O–H groups in total. The number of amides is 1. The summed E-state index contributed by atoms with van der Waals surface area (Å²) < 4.78 is 12.1. The average Bonchev–Trinajstić information content (AvgIpc) is 3.23. The molecule has 3 rings (SSSR count). The van der Waals surface area contributed by atoms with Crippen LogP contribution in [-0.2, 0) is 13.7 Å². The average molecular weight is 410 g/mol. The Morgan fingerprint density at radius 1 is 1.30 bits per heavy atom. The monoisotopic (exact) mass is 409 g/mol. The first kappa shape index (κ1) is 18.8. The van der Waals surface area contributed by atoms with Crippen molar-refractivity contribution in [1.82, 2.24) is 9.78 Å². The Kier molecular flexibility index (Phi) is 5.38. The lowest BCUT2D eigenvalue weighted by Gasteiger charge is -2.07. The summed E-state index contributed by atoms with van der Waals surface area (Å²) in [6, 6.07) is 7.99. The summed E-state index contributed by atoms with van der Waals surface area (Å²) >= 11 is 12.0. The molecule has 8 nitrogen and oxygen atoms in total. The van der Waals surface area contributed by atoms with E-state index in [1.54, 1.807) is 24.3 Å². The van der Waals surface area contributed by atoms with Crippen molar-refractivity contribution in [2.24, 2.45) is 7.05 Å². The van der Waals surface area contributed by atoms with Crippen molar-refractivity contribution in [2.45, 2.75) is 6.61 Å². The number of carbonyl (C=O) groups is 2. The molecule has 0 saturated carbocycles. The Hall–Kier alpha value is -2.97. The highest BCUT2D eigenvalue weighted by Gasteiger charge is 2.20. The lowest BCUT2D eigenvalue weighted by molar-refractivity contribution is 0.0686. The van der Waals surface area contributed by atoms with Gasteiger partial charge in [0.1, 0.15) is 23.1 Å². The fourth-order valence-corrected chi connectivity index (χ4v) is 2.63. The van der Waals surface area contributed by atoms with Crippen LogP contribution in [0.3, 0.4) is 0 Å². The fraction of sp³-hybridized carbons (Fsp3) is 0.118. The van der Waals surface area contributed by atoms with Gasteiger partial charge in [-0.1, -0.05) is 29.3 Å². The minimum absolute atomic E-state index is 0.00835. The standard InChI is InChI=1S/C17H13Cl2N3O5/c1-22-15(17(24)25)11(7-20-22)21-16(23)13-6-5-9(27-13)8-26-12-4-2-3-10(18)14(12)19/h2-7H,8H2,1H3,(H,21,23)(H,24,25). The number of furan rings is 1. The van der Waals surface area contributed by atoms with Crippen LogP contribution in [0.2, 0.25) is 10.0 Å². The Bertz CT molecular complexity index is 1010. The van der Waals surface area contributed by atoms with Crippen molar-refractivity contribution in [3.63, 3.8) is 0 Å². The number of rotatable bonds is 6. The van der Waals surface area contributed by atoms with Gasteiger partial charge < -0.3 is 19.6 Å². The molecule has 0 saturated heterocycles. The fourth-order valence-electron chi connectivity index (χ4n) is 2.29. The van der Waals surface area contributed by atoms with Gasteiger partial charge >= 0.3 is 5.97 Å². The summed E-state index contributed by atoms with van der Waals surface area (Å²) in [5, 5.41) is 16.1. The lowest BCUT2D eigenvalue weighted by atomic mass is 10.3. The molecule has 0 atom stereocenters. The Labute approximate surface area is 163 Å². The van der Waals surface area contributed by atoms with Gasteiger partial charge in [0.25, 0.3) is 5.91 Å². The predicted octanol–water partition coefficient (Wildman–Crippen LogP) is 3.85. The van der Waals surface area contributed by atoms with Gasteiger partial charge in [0.05, 0.1) is 16.9 Å². The Balaban J connectivity index is 1.68. The van der Waals surface area contributed by atoms with Crippen LogP contribution in [0.1, 0.15) is 26.8 Å². The van der Waals surface area contributed by atoms with E-state index in [-0.39, 0.29) is 28.8 Å². The number of ether oxygens (including phenoxy) is 1. The van der Waals surface area contributed by atoms with Gasteiger partial charge in [0.15, 0.2) is 11.5 Å². The van der Waals surface area contributed by atoms with Gasteiger partial charge in [-0.2, -0.15) is 5.10 Å². The summed E-state index contributed by atoms with van der Waals surface area (Å²) in [4.78, 5) is 23.5. The minimum Gasteiger partial charge on any atom is -0.484 e. The Morgan fingerprint density at radius 3 is 2.81 bits per heavy atom. The number of aromatic nitrogens is 2. The smallest absolute Gasteiger partial charge is 0.356 e. The van der Waals surface area contributed by atoms with Gasteiger partial charge in [-0.25, -0.2) is 4.79 Å². The zero-order chi connectivity index (χ0) is 19.6. The van der Waals surface area contributed by atoms with Crippen LogP contribution in [0.5, 0.6) is 5.75 Å². The van der Waals surface area contributed by atoms with Crippen LogP contribution in [0.15, 0.2) is 40.9 Å². The molecule has 140 valence electrons. The van der Waals surface area contributed by atoms with Crippen molar-refractivity contribution in [2.75, 3.05) is 5.32 Å². The molecular weight excluding hydrogens is 397 g/mol. The first-order chi connectivity index (χ1) is 12.9. The number of nitrogens with zero attached hydrogens (tertiary/aromatic N) is 2. The number of nitrogens with one attached hydrogen (secondary N) is 1. The van der Waals surface area contributed by atoms with Crippen molar-refractivity contribution in [1.29, 1.82) is 0 Å². The van der Waals surface area contributed by atoms with E-state index in [1.165, 1.54) is 19.3 Å². The van der Waals surface area contributed by atoms with E-state index in [2.05, 4.69) is 10.4 Å². The van der Waals surface area contributed by atoms with E-state index in [4.69, 9.17) is 32.4 Å². The molecule has 3 aromatic rings. The first-order valence-electron chi connectivity index (χ1n) is 7.59. The third-order valence-corrected chi connectivity index (χ3v) is 4.36. The van der Waals surface area contributed by atoms with Crippen LogP contribution >= 0.6 is 23.2 Å². The second-order valence-electron chi connectivity index (χ2n) is 5.40. The summed E-state index contributed by atoms with van der Waals surface area (Å²) in [7, 11) is 1.46. The lowest BCUT2D eigenvalue weighted by Crippen LogP contribution is -2.15. The van der Waals surface area contributed by atoms with E-state index in [9.17, 15) is 14.7 Å². The molecule has 0 aliphatic heterocycles. The van der Waals surface area contributed by atoms with Crippen LogP contribution < -0.4 is 10.1 Å². The number of hydrogen-bond acceptors (Lipinski definition) is 5. The summed E-state index contributed by atoms with van der Waals surface area (Å²) in [6.45, 7) is 0.0284. The molecule has 1 amide bonds. The zero-order valence-electron chi connectivity index (χ0n) is 13.9. The third-order valence-electron chi connectivity index (χ3n) is 3.56. The molecule has 2 heterocycles. The molecule has 2 aromatic heterocycles. The van der Waals surface area contributed by atoms with Gasteiger partial charge in [0.2, 0.25) is 0 Å². The number of carboxylic acid groups (broad SMARTS) is 1. The number of anilines is 1. The van der Waals surface area contributed by atoms with Crippen LogP contribution in [0, 0.1) is 0 Å². The topological polar surface area (TPSA) is 107 Å². The predicted molar refractivity (Wildman–Crippen MR) is 97.6 cm³/mol. The minimum atomic E-state index is -1.21. The number of carboxylic acids is 1. The van der Waals surface area contributed by atoms with E-state index in [0.717, 1.165) is 4.68 Å². The second kappa shape index (κ2) is 7.73. The molecule has 0 unspecified atom stereocenters. The number of carbonyl (C=O) groups excluding carboxylic acids is 1. The van der Waals surface area contributed by atoms with Crippen molar-refractivity contribution < 1.29 is 23.8 Å². The Morgan fingerprint density at radius 2 is 2.07 bits per heavy atom. The zero-order valence-corrected chi connectivity index (χ0v) is 15.4. The second-order valence-corrected chi connectivity index (χ2v) is 6.18. The van der Waals surface area contributed by atoms with E-state index < -0.39 is 11.9 Å². The molecule has 10 heteroatoms. The molecular formula is C17H13Cl2N3O5. The summed E-state index contributed by atoms with van der Waals surface area (Å²) in [6.07, 6.45) is 1.25. The van der Waals surface area contributed by atoms with Gasteiger partial charge in [0, 0.05) is 7.05 Å². The largest absolute Gasteiger partial charge is 0.484 e. The highest BCUT2D eigenvalue weighted by Crippen LogP contribution is 2.32. The third kappa shape index (κ3) is 4.07.